The number of aromatic nitrogens is 1. The topological polar surface area (TPSA) is 45.2 Å². The molecule has 0 saturated heterocycles. The number of aromatic amines is 1. The van der Waals surface area contributed by atoms with Gasteiger partial charge in [0.1, 0.15) is 11.5 Å². The number of phenols is 1. The molecule has 0 unspecified atom stereocenters. The maximum Gasteiger partial charge on any atom is 0.119 e. The monoisotopic (exact) mass is 241 g/mol. The van der Waals surface area contributed by atoms with Crippen molar-refractivity contribution in [3.63, 3.8) is 0 Å². The van der Waals surface area contributed by atoms with Crippen molar-refractivity contribution in [1.82, 2.24) is 4.98 Å². The van der Waals surface area contributed by atoms with E-state index in [1.807, 2.05) is 38.1 Å². The quantitative estimate of drug-likeness (QED) is 0.683. The van der Waals surface area contributed by atoms with Gasteiger partial charge in [-0.05, 0) is 49.2 Å². The molecule has 0 fully saturated rings. The van der Waals surface area contributed by atoms with Crippen molar-refractivity contribution in [2.24, 2.45) is 0 Å². The van der Waals surface area contributed by atoms with E-state index in [-0.39, 0.29) is 0 Å². The Morgan fingerprint density at radius 1 is 1.06 bits per heavy atom. The number of phenolic OH excluding ortho intramolecular Hbond substituents is 1. The molecule has 2 aromatic carbocycles. The molecule has 1 heterocycles. The number of rotatable bonds is 1. The van der Waals surface area contributed by atoms with Crippen LogP contribution in [0.1, 0.15) is 11.1 Å². The van der Waals surface area contributed by atoms with E-state index in [9.17, 15) is 5.11 Å². The van der Waals surface area contributed by atoms with Crippen LogP contribution in [0.2, 0.25) is 0 Å². The maximum atomic E-state index is 9.96. The van der Waals surface area contributed by atoms with Crippen LogP contribution in [-0.4, -0.2) is 17.2 Å². The van der Waals surface area contributed by atoms with Gasteiger partial charge in [-0.25, -0.2) is 0 Å². The SMILES string of the molecule is COc1ccc2[nH]c3c(C)c(C)c(O)cc3c2c1. The Labute approximate surface area is 105 Å². The van der Waals surface area contributed by atoms with Gasteiger partial charge in [-0.3, -0.25) is 0 Å². The van der Waals surface area contributed by atoms with Gasteiger partial charge in [0.25, 0.3) is 0 Å². The number of hydrogen-bond donors (Lipinski definition) is 2. The number of nitrogens with one attached hydrogen (secondary N) is 1. The normalized spacial score (nSPS) is 11.3. The minimum Gasteiger partial charge on any atom is -0.508 e. The number of ether oxygens (including phenoxy) is 1. The molecule has 1 aromatic heterocycles. The predicted octanol–water partition coefficient (Wildman–Crippen LogP) is 3.65. The number of aryl methyl sites for hydroxylation is 1. The van der Waals surface area contributed by atoms with Crippen molar-refractivity contribution < 1.29 is 9.84 Å². The molecule has 2 N–H and O–H groups in total. The lowest BCUT2D eigenvalue weighted by atomic mass is 10.0. The molecule has 3 nitrogen and oxygen atoms in total. The van der Waals surface area contributed by atoms with E-state index in [2.05, 4.69) is 4.98 Å². The first kappa shape index (κ1) is 11.0. The van der Waals surface area contributed by atoms with Gasteiger partial charge in [0.2, 0.25) is 0 Å². The van der Waals surface area contributed by atoms with Crippen molar-refractivity contribution in [1.29, 1.82) is 0 Å². The molecule has 92 valence electrons. The van der Waals surface area contributed by atoms with Gasteiger partial charge < -0.3 is 14.8 Å². The first-order valence-electron chi connectivity index (χ1n) is 5.90. The zero-order valence-corrected chi connectivity index (χ0v) is 10.7. The molecule has 3 rings (SSSR count). The second-order valence-corrected chi connectivity index (χ2v) is 4.60. The van der Waals surface area contributed by atoms with Gasteiger partial charge in [-0.1, -0.05) is 0 Å². The molecule has 0 saturated carbocycles. The number of aromatic hydroxyl groups is 1. The fraction of sp³-hybridized carbons (Fsp3) is 0.200. The molecular formula is C15H15NO2. The third-order valence-corrected chi connectivity index (χ3v) is 3.65. The largest absolute Gasteiger partial charge is 0.508 e. The summed E-state index contributed by atoms with van der Waals surface area (Å²) in [7, 11) is 1.66. The van der Waals surface area contributed by atoms with Crippen molar-refractivity contribution in [2.75, 3.05) is 7.11 Å². The summed E-state index contributed by atoms with van der Waals surface area (Å²) < 4.78 is 5.25. The lowest BCUT2D eigenvalue weighted by Crippen LogP contribution is -1.83. The minimum atomic E-state index is 0.337. The molecule has 18 heavy (non-hydrogen) atoms. The molecule has 0 amide bonds. The summed E-state index contributed by atoms with van der Waals surface area (Å²) in [6.07, 6.45) is 0. The molecule has 0 radical (unpaired) electrons. The highest BCUT2D eigenvalue weighted by molar-refractivity contribution is 6.09. The molecule has 0 aliphatic carbocycles. The van der Waals surface area contributed by atoms with Gasteiger partial charge in [0.05, 0.1) is 7.11 Å². The van der Waals surface area contributed by atoms with Crippen molar-refractivity contribution in [3.05, 3.63) is 35.4 Å². The van der Waals surface area contributed by atoms with E-state index < -0.39 is 0 Å². The third kappa shape index (κ3) is 1.37. The van der Waals surface area contributed by atoms with Gasteiger partial charge in [0, 0.05) is 21.8 Å². The van der Waals surface area contributed by atoms with Crippen LogP contribution < -0.4 is 4.74 Å². The summed E-state index contributed by atoms with van der Waals surface area (Å²) in [6.45, 7) is 3.94. The standard InChI is InChI=1S/C15H15NO2/c1-8-9(2)15-12(7-14(8)17)11-6-10(18-3)4-5-13(11)16-15/h4-7,16-17H,1-3H3. The number of hydrogen-bond acceptors (Lipinski definition) is 2. The summed E-state index contributed by atoms with van der Waals surface area (Å²) in [4.78, 5) is 3.40. The second kappa shape index (κ2) is 3.67. The highest BCUT2D eigenvalue weighted by atomic mass is 16.5. The fourth-order valence-electron chi connectivity index (χ4n) is 2.39. The molecular weight excluding hydrogens is 226 g/mol. The van der Waals surface area contributed by atoms with E-state index in [0.717, 1.165) is 38.7 Å². The molecule has 0 atom stereocenters. The van der Waals surface area contributed by atoms with Gasteiger partial charge in [-0.2, -0.15) is 0 Å². The van der Waals surface area contributed by atoms with E-state index in [0.29, 0.717) is 5.75 Å². The van der Waals surface area contributed by atoms with E-state index in [1.54, 1.807) is 7.11 Å². The third-order valence-electron chi connectivity index (χ3n) is 3.65. The van der Waals surface area contributed by atoms with Crippen molar-refractivity contribution in [2.45, 2.75) is 13.8 Å². The molecule has 0 aliphatic heterocycles. The molecule has 0 bridgehead atoms. The Morgan fingerprint density at radius 3 is 2.56 bits per heavy atom. The summed E-state index contributed by atoms with van der Waals surface area (Å²) in [5, 5.41) is 12.1. The summed E-state index contributed by atoms with van der Waals surface area (Å²) in [6, 6.07) is 7.73. The van der Waals surface area contributed by atoms with Crippen LogP contribution in [0.4, 0.5) is 0 Å². The highest BCUT2D eigenvalue weighted by Crippen LogP contribution is 2.35. The van der Waals surface area contributed by atoms with Crippen LogP contribution in [0.3, 0.4) is 0 Å². The molecule has 3 heteroatoms. The van der Waals surface area contributed by atoms with E-state index >= 15 is 0 Å². The molecule has 0 aliphatic rings. The first-order chi connectivity index (χ1) is 8.61. The average molecular weight is 241 g/mol. The van der Waals surface area contributed by atoms with Crippen LogP contribution in [0, 0.1) is 13.8 Å². The Balaban J connectivity index is 2.49. The Hall–Kier alpha value is -2.16. The van der Waals surface area contributed by atoms with Crippen molar-refractivity contribution in [3.8, 4) is 11.5 Å². The van der Waals surface area contributed by atoms with Crippen LogP contribution in [-0.2, 0) is 0 Å². The first-order valence-corrected chi connectivity index (χ1v) is 5.90. The molecule has 3 aromatic rings. The second-order valence-electron chi connectivity index (χ2n) is 4.60. The summed E-state index contributed by atoms with van der Waals surface area (Å²) in [5.41, 5.74) is 4.13. The maximum absolute atomic E-state index is 9.96. The highest BCUT2D eigenvalue weighted by Gasteiger charge is 2.11. The smallest absolute Gasteiger partial charge is 0.119 e. The zero-order chi connectivity index (χ0) is 12.9. The Kier molecular flexibility index (Phi) is 2.23. The summed E-state index contributed by atoms with van der Waals surface area (Å²) in [5.74, 6) is 1.16. The Bertz CT molecular complexity index is 756. The van der Waals surface area contributed by atoms with Gasteiger partial charge in [-0.15, -0.1) is 0 Å². The lowest BCUT2D eigenvalue weighted by Gasteiger charge is -2.04. The number of benzene rings is 2. The van der Waals surface area contributed by atoms with Crippen LogP contribution in [0.15, 0.2) is 24.3 Å². The number of methoxy groups -OCH3 is 1. The number of fused-ring (bicyclic) bond motifs is 3. The lowest BCUT2D eigenvalue weighted by molar-refractivity contribution is 0.415. The molecule has 0 spiro atoms. The van der Waals surface area contributed by atoms with Gasteiger partial charge >= 0.3 is 0 Å². The van der Waals surface area contributed by atoms with E-state index in [1.165, 1.54) is 0 Å². The number of H-pyrrole nitrogens is 1. The van der Waals surface area contributed by atoms with Crippen LogP contribution in [0.25, 0.3) is 21.8 Å². The van der Waals surface area contributed by atoms with Crippen LogP contribution >= 0.6 is 0 Å². The van der Waals surface area contributed by atoms with Crippen LogP contribution in [0.5, 0.6) is 11.5 Å². The fourth-order valence-corrected chi connectivity index (χ4v) is 2.39. The Morgan fingerprint density at radius 2 is 1.83 bits per heavy atom. The minimum absolute atomic E-state index is 0.337. The van der Waals surface area contributed by atoms with Gasteiger partial charge in [0.15, 0.2) is 0 Å². The van der Waals surface area contributed by atoms with E-state index in [4.69, 9.17) is 4.74 Å². The van der Waals surface area contributed by atoms with Crippen molar-refractivity contribution >= 4 is 21.8 Å². The summed E-state index contributed by atoms with van der Waals surface area (Å²) >= 11 is 0. The predicted molar refractivity (Wildman–Crippen MR) is 73.5 cm³/mol. The zero-order valence-electron chi connectivity index (χ0n) is 10.7. The average Bonchev–Trinajstić information content (AvgIpc) is 2.74.